The zero-order chi connectivity index (χ0) is 13.5. The van der Waals surface area contributed by atoms with Crippen LogP contribution in [0.25, 0.3) is 10.4 Å². The number of hydrogen-bond acceptors (Lipinski definition) is 4. The molecule has 2 aromatic rings. The van der Waals surface area contributed by atoms with E-state index in [4.69, 9.17) is 5.53 Å². The number of azide groups is 1. The summed E-state index contributed by atoms with van der Waals surface area (Å²) in [4.78, 5) is 16.0. The highest BCUT2D eigenvalue weighted by molar-refractivity contribution is 7.14. The van der Waals surface area contributed by atoms with Gasteiger partial charge in [-0.2, -0.15) is 5.10 Å². The lowest BCUT2D eigenvalue weighted by atomic mass is 10.4. The van der Waals surface area contributed by atoms with Gasteiger partial charge in [0.05, 0.1) is 18.0 Å². The van der Waals surface area contributed by atoms with E-state index < -0.39 is 0 Å². The maximum absolute atomic E-state index is 11.8. The first-order chi connectivity index (χ1) is 9.29. The molecule has 0 aliphatic rings. The molecule has 0 aromatic carbocycles. The highest BCUT2D eigenvalue weighted by atomic mass is 32.1. The van der Waals surface area contributed by atoms with Crippen LogP contribution in [0.4, 0.5) is 0 Å². The van der Waals surface area contributed by atoms with Gasteiger partial charge in [0.2, 0.25) is 0 Å². The van der Waals surface area contributed by atoms with E-state index in [0.717, 1.165) is 4.88 Å². The van der Waals surface area contributed by atoms with Crippen LogP contribution in [0, 0.1) is 0 Å². The first-order valence-electron chi connectivity index (χ1n) is 5.65. The van der Waals surface area contributed by atoms with Gasteiger partial charge in [0, 0.05) is 28.7 Å². The van der Waals surface area contributed by atoms with Gasteiger partial charge in [0.15, 0.2) is 0 Å². The quantitative estimate of drug-likeness (QED) is 0.497. The lowest BCUT2D eigenvalue weighted by Crippen LogP contribution is -2.26. The summed E-state index contributed by atoms with van der Waals surface area (Å²) in [5.74, 6) is -0.121. The molecule has 2 rings (SSSR count). The highest BCUT2D eigenvalue weighted by Gasteiger charge is 2.08. The van der Waals surface area contributed by atoms with Gasteiger partial charge in [0.1, 0.15) is 0 Å². The largest absolute Gasteiger partial charge is 0.349 e. The second-order valence-electron chi connectivity index (χ2n) is 3.68. The second kappa shape index (κ2) is 6.58. The maximum atomic E-state index is 11.8. The highest BCUT2D eigenvalue weighted by Crippen LogP contribution is 2.17. The van der Waals surface area contributed by atoms with E-state index in [-0.39, 0.29) is 12.5 Å². The van der Waals surface area contributed by atoms with E-state index in [1.807, 2.05) is 12.3 Å². The Bertz CT molecular complexity index is 584. The summed E-state index contributed by atoms with van der Waals surface area (Å²) < 4.78 is 1.75. The third-order valence-corrected chi connectivity index (χ3v) is 3.43. The molecule has 0 fully saturated rings. The molecule has 0 unspecified atom stereocenters. The van der Waals surface area contributed by atoms with Crippen LogP contribution >= 0.6 is 11.3 Å². The van der Waals surface area contributed by atoms with E-state index in [0.29, 0.717) is 18.0 Å². The number of carbonyl (C=O) groups excluding carboxylic acids is 1. The third kappa shape index (κ3) is 3.84. The number of rotatable bonds is 6. The van der Waals surface area contributed by atoms with Crippen molar-refractivity contribution in [3.05, 3.63) is 50.8 Å². The Labute approximate surface area is 113 Å². The summed E-state index contributed by atoms with van der Waals surface area (Å²) in [6.07, 6.45) is 3.54. The maximum Gasteiger partial charge on any atom is 0.261 e. The van der Waals surface area contributed by atoms with E-state index in [9.17, 15) is 4.79 Å². The van der Waals surface area contributed by atoms with Crippen molar-refractivity contribution in [1.29, 1.82) is 0 Å². The number of hydrogen-bond donors (Lipinski definition) is 1. The van der Waals surface area contributed by atoms with E-state index in [1.54, 1.807) is 23.0 Å². The Balaban J connectivity index is 1.82. The molecule has 1 N–H and O–H groups in total. The van der Waals surface area contributed by atoms with Crippen LogP contribution in [0.1, 0.15) is 14.5 Å². The average Bonchev–Trinajstić information content (AvgIpc) is 3.07. The molecule has 98 valence electrons. The van der Waals surface area contributed by atoms with Gasteiger partial charge >= 0.3 is 0 Å². The van der Waals surface area contributed by atoms with Crippen LogP contribution in [-0.2, 0) is 13.1 Å². The van der Waals surface area contributed by atoms with Crippen molar-refractivity contribution in [2.24, 2.45) is 5.11 Å². The van der Waals surface area contributed by atoms with Crippen LogP contribution in [0.15, 0.2) is 35.7 Å². The molecule has 0 aliphatic heterocycles. The minimum absolute atomic E-state index is 0.121. The number of thiophene rings is 1. The Hall–Kier alpha value is -2.31. The van der Waals surface area contributed by atoms with Gasteiger partial charge in [-0.3, -0.25) is 9.48 Å². The van der Waals surface area contributed by atoms with Crippen molar-refractivity contribution >= 4 is 17.2 Å². The Morgan fingerprint density at radius 2 is 2.47 bits per heavy atom. The molecule has 8 heteroatoms. The van der Waals surface area contributed by atoms with Crippen LogP contribution in [-0.4, -0.2) is 22.2 Å². The lowest BCUT2D eigenvalue weighted by molar-refractivity contribution is 0.0956. The monoisotopic (exact) mass is 276 g/mol. The fourth-order valence-corrected chi connectivity index (χ4v) is 2.33. The number of nitrogens with zero attached hydrogens (tertiary/aromatic N) is 5. The summed E-state index contributed by atoms with van der Waals surface area (Å²) in [5, 5.41) is 10.3. The van der Waals surface area contributed by atoms with Gasteiger partial charge < -0.3 is 5.32 Å². The van der Waals surface area contributed by atoms with Crippen molar-refractivity contribution in [2.45, 2.75) is 13.1 Å². The van der Waals surface area contributed by atoms with E-state index in [2.05, 4.69) is 20.4 Å². The van der Waals surface area contributed by atoms with Crippen LogP contribution in [0.2, 0.25) is 0 Å². The summed E-state index contributed by atoms with van der Waals surface area (Å²) >= 11 is 1.33. The lowest BCUT2D eigenvalue weighted by Gasteiger charge is -2.03. The Morgan fingerprint density at radius 1 is 1.58 bits per heavy atom. The fourth-order valence-electron chi connectivity index (χ4n) is 1.49. The number of nitrogens with one attached hydrogen (secondary N) is 1. The predicted molar refractivity (Wildman–Crippen MR) is 71.7 cm³/mol. The average molecular weight is 276 g/mol. The minimum Gasteiger partial charge on any atom is -0.349 e. The van der Waals surface area contributed by atoms with Crippen molar-refractivity contribution in [1.82, 2.24) is 15.1 Å². The zero-order valence-corrected chi connectivity index (χ0v) is 10.9. The topological polar surface area (TPSA) is 95.7 Å². The molecule has 7 nitrogen and oxygen atoms in total. The molecule has 0 saturated heterocycles. The van der Waals surface area contributed by atoms with Crippen LogP contribution in [0.3, 0.4) is 0 Å². The molecule has 2 aromatic heterocycles. The third-order valence-electron chi connectivity index (χ3n) is 2.36. The molecule has 2 heterocycles. The van der Waals surface area contributed by atoms with Crippen molar-refractivity contribution in [3.63, 3.8) is 0 Å². The summed E-state index contributed by atoms with van der Waals surface area (Å²) in [7, 11) is 0. The molecule has 0 radical (unpaired) electrons. The number of carbonyl (C=O) groups is 1. The predicted octanol–water partition coefficient (Wildman–Crippen LogP) is 2.18. The van der Waals surface area contributed by atoms with Gasteiger partial charge in [-0.15, -0.1) is 11.3 Å². The summed E-state index contributed by atoms with van der Waals surface area (Å²) in [5.41, 5.74) is 8.23. The summed E-state index contributed by atoms with van der Waals surface area (Å²) in [6, 6.07) is 5.36. The van der Waals surface area contributed by atoms with Gasteiger partial charge in [-0.1, -0.05) is 5.11 Å². The standard InChI is InChI=1S/C11H12N6OS/c12-16-14-8-9-2-3-10(19-9)11(18)13-5-7-17-6-1-4-15-17/h1-4,6H,5,7-8H2,(H,13,18). The van der Waals surface area contributed by atoms with Gasteiger partial charge in [-0.05, 0) is 23.7 Å². The SMILES string of the molecule is [N-]=[N+]=NCc1ccc(C(=O)NCCn2cccn2)s1. The molecule has 1 amide bonds. The van der Waals surface area contributed by atoms with E-state index in [1.165, 1.54) is 11.3 Å². The molecule has 0 spiro atoms. The molecule has 0 saturated carbocycles. The Morgan fingerprint density at radius 3 is 3.21 bits per heavy atom. The first-order valence-corrected chi connectivity index (χ1v) is 6.46. The van der Waals surface area contributed by atoms with Crippen molar-refractivity contribution < 1.29 is 4.79 Å². The van der Waals surface area contributed by atoms with E-state index >= 15 is 0 Å². The molecule has 0 bridgehead atoms. The molecule has 0 atom stereocenters. The Kier molecular flexibility index (Phi) is 4.54. The second-order valence-corrected chi connectivity index (χ2v) is 4.85. The first kappa shape index (κ1) is 13.1. The molecule has 0 aliphatic carbocycles. The van der Waals surface area contributed by atoms with Crippen molar-refractivity contribution in [3.8, 4) is 0 Å². The molecular formula is C11H12N6OS. The minimum atomic E-state index is -0.121. The fraction of sp³-hybridized carbons (Fsp3) is 0.273. The zero-order valence-electron chi connectivity index (χ0n) is 10.1. The molecular weight excluding hydrogens is 264 g/mol. The summed E-state index contributed by atoms with van der Waals surface area (Å²) in [6.45, 7) is 1.43. The molecule has 19 heavy (non-hydrogen) atoms. The van der Waals surface area contributed by atoms with Crippen LogP contribution in [0.5, 0.6) is 0 Å². The van der Waals surface area contributed by atoms with Crippen LogP contribution < -0.4 is 5.32 Å². The van der Waals surface area contributed by atoms with Gasteiger partial charge in [-0.25, -0.2) is 0 Å². The normalized spacial score (nSPS) is 9.89. The van der Waals surface area contributed by atoms with Crippen molar-refractivity contribution in [2.75, 3.05) is 6.54 Å². The number of aromatic nitrogens is 2. The van der Waals surface area contributed by atoms with Gasteiger partial charge in [0.25, 0.3) is 5.91 Å². The smallest absolute Gasteiger partial charge is 0.261 e. The number of amides is 1.